The Kier molecular flexibility index (Phi) is 13.5. The van der Waals surface area contributed by atoms with Gasteiger partial charge in [-0.05, 0) is 43.9 Å². The molecule has 0 aliphatic carbocycles. The van der Waals surface area contributed by atoms with Gasteiger partial charge in [0.05, 0.1) is 31.9 Å². The van der Waals surface area contributed by atoms with Gasteiger partial charge in [-0.15, -0.1) is 0 Å². The number of amides is 2. The van der Waals surface area contributed by atoms with Crippen LogP contribution in [0.25, 0.3) is 0 Å². The van der Waals surface area contributed by atoms with Crippen LogP contribution in [0.2, 0.25) is 5.02 Å². The number of likely N-dealkylation sites (tertiary alicyclic amines) is 1. The Morgan fingerprint density at radius 1 is 1.08 bits per heavy atom. The van der Waals surface area contributed by atoms with E-state index in [0.29, 0.717) is 43.9 Å². The van der Waals surface area contributed by atoms with E-state index in [9.17, 15) is 22.8 Å². The van der Waals surface area contributed by atoms with Crippen LogP contribution >= 0.6 is 11.6 Å². The van der Waals surface area contributed by atoms with E-state index < -0.39 is 16.0 Å². The molecule has 2 amide bonds. The zero-order valence-electron chi connectivity index (χ0n) is 22.6. The topological polar surface area (TPSA) is 114 Å². The highest BCUT2D eigenvalue weighted by atomic mass is 35.5. The van der Waals surface area contributed by atoms with Crippen LogP contribution in [0.5, 0.6) is 0 Å². The van der Waals surface area contributed by atoms with Crippen molar-refractivity contribution in [2.75, 3.05) is 52.3 Å². The molecule has 12 heteroatoms. The lowest BCUT2D eigenvalue weighted by molar-refractivity contribution is -0.146. The first-order chi connectivity index (χ1) is 18.1. The van der Waals surface area contributed by atoms with Crippen LogP contribution in [0, 0.1) is 0 Å². The molecule has 1 aliphatic heterocycles. The fourth-order valence-electron chi connectivity index (χ4n) is 4.37. The molecule has 1 aromatic carbocycles. The smallest absolute Gasteiger partial charge is 0.306 e. The summed E-state index contributed by atoms with van der Waals surface area (Å²) in [6.45, 7) is 4.95. The van der Waals surface area contributed by atoms with Crippen LogP contribution in [-0.2, 0) is 40.4 Å². The van der Waals surface area contributed by atoms with Crippen molar-refractivity contribution in [3.8, 4) is 0 Å². The summed E-state index contributed by atoms with van der Waals surface area (Å²) in [6, 6.07) is 7.01. The van der Waals surface area contributed by atoms with E-state index in [4.69, 9.17) is 21.1 Å². The minimum Gasteiger partial charge on any atom is -0.466 e. The molecule has 214 valence electrons. The summed E-state index contributed by atoms with van der Waals surface area (Å²) in [5.74, 6) is -0.870. The van der Waals surface area contributed by atoms with Crippen molar-refractivity contribution in [2.24, 2.45) is 0 Å². The molecule has 0 radical (unpaired) electrons. The summed E-state index contributed by atoms with van der Waals surface area (Å²) in [4.78, 5) is 41.2. The van der Waals surface area contributed by atoms with E-state index in [1.165, 1.54) is 11.4 Å². The number of carbonyl (C=O) groups excluding carboxylic acids is 3. The fourth-order valence-corrected chi connectivity index (χ4v) is 5.93. The molecule has 0 atom stereocenters. The van der Waals surface area contributed by atoms with Gasteiger partial charge in [0.2, 0.25) is 21.8 Å². The minimum absolute atomic E-state index is 0.0390. The van der Waals surface area contributed by atoms with E-state index in [1.54, 1.807) is 35.8 Å². The van der Waals surface area contributed by atoms with Crippen molar-refractivity contribution in [1.29, 1.82) is 0 Å². The number of rotatable bonds is 15. The van der Waals surface area contributed by atoms with Crippen LogP contribution in [0.15, 0.2) is 24.3 Å². The fraction of sp³-hybridized carbons (Fsp3) is 0.654. The second kappa shape index (κ2) is 16.0. The Hall–Kier alpha value is -2.21. The van der Waals surface area contributed by atoms with Gasteiger partial charge < -0.3 is 19.3 Å². The zero-order valence-corrected chi connectivity index (χ0v) is 24.1. The first kappa shape index (κ1) is 32.0. The predicted molar refractivity (Wildman–Crippen MR) is 145 cm³/mol. The normalized spacial score (nSPS) is 14.5. The lowest BCUT2D eigenvalue weighted by Crippen LogP contribution is -2.51. The highest BCUT2D eigenvalue weighted by Crippen LogP contribution is 2.22. The summed E-state index contributed by atoms with van der Waals surface area (Å²) < 4.78 is 36.9. The van der Waals surface area contributed by atoms with Gasteiger partial charge in [-0.25, -0.2) is 8.42 Å². The first-order valence-corrected chi connectivity index (χ1v) is 15.0. The van der Waals surface area contributed by atoms with Gasteiger partial charge in [-0.2, -0.15) is 4.31 Å². The molecule has 0 bridgehead atoms. The predicted octanol–water partition coefficient (Wildman–Crippen LogP) is 2.69. The van der Waals surface area contributed by atoms with Gasteiger partial charge in [0.15, 0.2) is 0 Å². The van der Waals surface area contributed by atoms with E-state index in [-0.39, 0.29) is 62.8 Å². The Labute approximate surface area is 231 Å². The van der Waals surface area contributed by atoms with Gasteiger partial charge in [0.25, 0.3) is 0 Å². The number of piperidine rings is 1. The van der Waals surface area contributed by atoms with Gasteiger partial charge in [0.1, 0.15) is 0 Å². The van der Waals surface area contributed by atoms with Crippen molar-refractivity contribution in [3.63, 3.8) is 0 Å². The van der Waals surface area contributed by atoms with E-state index in [1.807, 2.05) is 12.1 Å². The SMILES string of the molecule is CCCS(=O)(=O)N(CCOC)CC(=O)N(Cc1ccc(Cl)cc1)C1CCN(C(=O)CCC(=O)OCC)CC1. The third-order valence-corrected chi connectivity index (χ3v) is 8.68. The molecule has 2 rings (SSSR count). The summed E-state index contributed by atoms with van der Waals surface area (Å²) >= 11 is 6.03. The summed E-state index contributed by atoms with van der Waals surface area (Å²) in [7, 11) is -2.14. The van der Waals surface area contributed by atoms with E-state index in [2.05, 4.69) is 0 Å². The summed E-state index contributed by atoms with van der Waals surface area (Å²) in [6.07, 6.45) is 1.66. The lowest BCUT2D eigenvalue weighted by atomic mass is 10.0. The summed E-state index contributed by atoms with van der Waals surface area (Å²) in [5.41, 5.74) is 0.871. The molecule has 1 heterocycles. The average Bonchev–Trinajstić information content (AvgIpc) is 2.89. The number of methoxy groups -OCH3 is 1. The first-order valence-electron chi connectivity index (χ1n) is 13.0. The van der Waals surface area contributed by atoms with Gasteiger partial charge in [0, 0.05) is 50.8 Å². The largest absolute Gasteiger partial charge is 0.466 e. The van der Waals surface area contributed by atoms with Gasteiger partial charge >= 0.3 is 5.97 Å². The third-order valence-electron chi connectivity index (χ3n) is 6.40. The molecular weight excluding hydrogens is 534 g/mol. The van der Waals surface area contributed by atoms with Gasteiger partial charge in [-0.3, -0.25) is 14.4 Å². The molecule has 0 spiro atoms. The zero-order chi connectivity index (χ0) is 28.1. The van der Waals surface area contributed by atoms with E-state index in [0.717, 1.165) is 5.56 Å². The molecular formula is C26H40ClN3O7S. The molecule has 0 saturated carbocycles. The average molecular weight is 574 g/mol. The number of carbonyl (C=O) groups is 3. The van der Waals surface area contributed by atoms with Crippen molar-refractivity contribution in [3.05, 3.63) is 34.9 Å². The third kappa shape index (κ3) is 10.2. The molecule has 1 aromatic rings. The molecule has 1 saturated heterocycles. The summed E-state index contributed by atoms with van der Waals surface area (Å²) in [5, 5.41) is 0.581. The number of hydrogen-bond donors (Lipinski definition) is 0. The van der Waals surface area contributed by atoms with Crippen LogP contribution < -0.4 is 0 Å². The Bertz CT molecular complexity index is 1010. The lowest BCUT2D eigenvalue weighted by Gasteiger charge is -2.39. The van der Waals surface area contributed by atoms with Crippen LogP contribution in [0.1, 0.15) is 51.5 Å². The highest BCUT2D eigenvalue weighted by Gasteiger charge is 2.32. The second-order valence-electron chi connectivity index (χ2n) is 9.21. The Morgan fingerprint density at radius 2 is 1.74 bits per heavy atom. The standard InChI is InChI=1S/C26H40ClN3O7S/c1-4-18-38(34,35)29(16-17-36-3)20-25(32)30(19-21-6-8-22(27)9-7-21)23-12-14-28(15-13-23)24(31)10-11-26(33)37-5-2/h6-9,23H,4-5,10-20H2,1-3H3. The van der Waals surface area contributed by atoms with Crippen LogP contribution in [-0.4, -0.2) is 98.6 Å². The molecule has 10 nitrogen and oxygen atoms in total. The Morgan fingerprint density at radius 3 is 2.32 bits per heavy atom. The quantitative estimate of drug-likeness (QED) is 0.296. The van der Waals surface area contributed by atoms with Crippen molar-refractivity contribution in [1.82, 2.24) is 14.1 Å². The second-order valence-corrected chi connectivity index (χ2v) is 11.7. The Balaban J connectivity index is 2.14. The molecule has 38 heavy (non-hydrogen) atoms. The highest BCUT2D eigenvalue weighted by molar-refractivity contribution is 7.89. The molecule has 1 aliphatic rings. The molecule has 1 fully saturated rings. The monoisotopic (exact) mass is 573 g/mol. The van der Waals surface area contributed by atoms with Crippen molar-refractivity contribution < 1.29 is 32.3 Å². The maximum absolute atomic E-state index is 13.6. The van der Waals surface area contributed by atoms with E-state index >= 15 is 0 Å². The number of halogens is 1. The minimum atomic E-state index is -3.62. The number of ether oxygens (including phenoxy) is 2. The maximum Gasteiger partial charge on any atom is 0.306 e. The van der Waals surface area contributed by atoms with Crippen LogP contribution in [0.3, 0.4) is 0 Å². The molecule has 0 aromatic heterocycles. The maximum atomic E-state index is 13.6. The van der Waals surface area contributed by atoms with Crippen molar-refractivity contribution in [2.45, 2.75) is 58.5 Å². The van der Waals surface area contributed by atoms with Crippen molar-refractivity contribution >= 4 is 39.4 Å². The van der Waals surface area contributed by atoms with Crippen LogP contribution in [0.4, 0.5) is 0 Å². The molecule has 0 unspecified atom stereocenters. The number of sulfonamides is 1. The number of nitrogens with zero attached hydrogens (tertiary/aromatic N) is 3. The molecule has 0 N–H and O–H groups in total. The number of hydrogen-bond acceptors (Lipinski definition) is 7. The number of benzene rings is 1. The van der Waals surface area contributed by atoms with Gasteiger partial charge in [-0.1, -0.05) is 30.7 Å². The number of esters is 1.